The predicted octanol–water partition coefficient (Wildman–Crippen LogP) is 2.46. The smallest absolute Gasteiger partial charge is 0.163 e. The molecule has 0 saturated carbocycles. The molecule has 0 aliphatic carbocycles. The Labute approximate surface area is 89.3 Å². The van der Waals surface area contributed by atoms with Crippen molar-refractivity contribution in [3.63, 3.8) is 0 Å². The molecule has 0 aliphatic heterocycles. The quantitative estimate of drug-likeness (QED) is 0.548. The van der Waals surface area contributed by atoms with Gasteiger partial charge in [-0.1, -0.05) is 12.7 Å². The van der Waals surface area contributed by atoms with Crippen molar-refractivity contribution >= 4 is 5.78 Å². The van der Waals surface area contributed by atoms with Gasteiger partial charge in [0.25, 0.3) is 0 Å². The van der Waals surface area contributed by atoms with Gasteiger partial charge in [0, 0.05) is 0 Å². The summed E-state index contributed by atoms with van der Waals surface area (Å²) in [7, 11) is 1.53. The molecule has 15 heavy (non-hydrogen) atoms. The molecule has 0 aromatic heterocycles. The minimum absolute atomic E-state index is 0.0455. The number of Topliss-reactive ketones (excluding diaryl/α,β-unsaturated/α-hetero) is 1. The van der Waals surface area contributed by atoms with Gasteiger partial charge in [0.05, 0.1) is 12.7 Å². The SMILES string of the molecule is C=CCOc1ccc(OC)c(C(C)=O)c1. The fourth-order valence-electron chi connectivity index (χ4n) is 1.21. The number of hydrogen-bond acceptors (Lipinski definition) is 3. The lowest BCUT2D eigenvalue weighted by molar-refractivity contribution is 0.101. The first-order valence-corrected chi connectivity index (χ1v) is 4.61. The molecule has 1 aromatic carbocycles. The molecule has 0 atom stereocenters. The van der Waals surface area contributed by atoms with E-state index in [9.17, 15) is 4.79 Å². The van der Waals surface area contributed by atoms with Crippen LogP contribution in [0.15, 0.2) is 30.9 Å². The molecule has 3 heteroatoms. The number of carbonyl (C=O) groups excluding carboxylic acids is 1. The standard InChI is InChI=1S/C12H14O3/c1-4-7-15-10-5-6-12(14-3)11(8-10)9(2)13/h4-6,8H,1,7H2,2-3H3. The van der Waals surface area contributed by atoms with Crippen LogP contribution < -0.4 is 9.47 Å². The topological polar surface area (TPSA) is 35.5 Å². The van der Waals surface area contributed by atoms with Crippen molar-refractivity contribution in [2.75, 3.05) is 13.7 Å². The van der Waals surface area contributed by atoms with E-state index in [1.54, 1.807) is 24.3 Å². The summed E-state index contributed by atoms with van der Waals surface area (Å²) in [4.78, 5) is 11.3. The fourth-order valence-corrected chi connectivity index (χ4v) is 1.21. The highest BCUT2D eigenvalue weighted by molar-refractivity contribution is 5.97. The molecule has 0 saturated heterocycles. The first-order valence-electron chi connectivity index (χ1n) is 4.61. The maximum absolute atomic E-state index is 11.3. The zero-order valence-corrected chi connectivity index (χ0v) is 8.95. The molecule has 0 fully saturated rings. The van der Waals surface area contributed by atoms with Crippen molar-refractivity contribution in [1.82, 2.24) is 0 Å². The van der Waals surface area contributed by atoms with E-state index < -0.39 is 0 Å². The Morgan fingerprint density at radius 3 is 2.80 bits per heavy atom. The largest absolute Gasteiger partial charge is 0.496 e. The number of rotatable bonds is 5. The van der Waals surface area contributed by atoms with Gasteiger partial charge in [-0.3, -0.25) is 4.79 Å². The van der Waals surface area contributed by atoms with E-state index in [0.29, 0.717) is 23.7 Å². The Hall–Kier alpha value is -1.77. The second-order valence-corrected chi connectivity index (χ2v) is 3.02. The van der Waals surface area contributed by atoms with Gasteiger partial charge in [-0.15, -0.1) is 0 Å². The molecular formula is C12H14O3. The van der Waals surface area contributed by atoms with Gasteiger partial charge in [-0.05, 0) is 25.1 Å². The molecular weight excluding hydrogens is 192 g/mol. The monoisotopic (exact) mass is 206 g/mol. The number of benzene rings is 1. The second-order valence-electron chi connectivity index (χ2n) is 3.02. The lowest BCUT2D eigenvalue weighted by Gasteiger charge is -2.08. The summed E-state index contributed by atoms with van der Waals surface area (Å²) in [5, 5.41) is 0. The molecule has 0 bridgehead atoms. The van der Waals surface area contributed by atoms with Crippen LogP contribution in [0.2, 0.25) is 0 Å². The summed E-state index contributed by atoms with van der Waals surface area (Å²) in [5.41, 5.74) is 0.527. The normalized spacial score (nSPS) is 9.47. The van der Waals surface area contributed by atoms with Crippen molar-refractivity contribution in [2.45, 2.75) is 6.92 Å². The molecule has 0 heterocycles. The van der Waals surface area contributed by atoms with Crippen LogP contribution in [-0.4, -0.2) is 19.5 Å². The highest BCUT2D eigenvalue weighted by Crippen LogP contribution is 2.24. The predicted molar refractivity (Wildman–Crippen MR) is 58.7 cm³/mol. The van der Waals surface area contributed by atoms with E-state index in [4.69, 9.17) is 9.47 Å². The summed E-state index contributed by atoms with van der Waals surface area (Å²) in [6.07, 6.45) is 1.65. The highest BCUT2D eigenvalue weighted by atomic mass is 16.5. The van der Waals surface area contributed by atoms with Gasteiger partial charge in [0.15, 0.2) is 5.78 Å². The van der Waals surface area contributed by atoms with E-state index in [0.717, 1.165) is 0 Å². The Kier molecular flexibility index (Phi) is 3.92. The average molecular weight is 206 g/mol. The summed E-state index contributed by atoms with van der Waals surface area (Å²) < 4.78 is 10.4. The van der Waals surface area contributed by atoms with Gasteiger partial charge >= 0.3 is 0 Å². The number of carbonyl (C=O) groups is 1. The molecule has 80 valence electrons. The molecule has 3 nitrogen and oxygen atoms in total. The fraction of sp³-hybridized carbons (Fsp3) is 0.250. The third-order valence-corrected chi connectivity index (χ3v) is 1.92. The number of ketones is 1. The van der Waals surface area contributed by atoms with Gasteiger partial charge < -0.3 is 9.47 Å². The van der Waals surface area contributed by atoms with Crippen LogP contribution in [0.1, 0.15) is 17.3 Å². The molecule has 0 aliphatic rings. The molecule has 0 unspecified atom stereocenters. The molecule has 0 spiro atoms. The average Bonchev–Trinajstić information content (AvgIpc) is 2.25. The van der Waals surface area contributed by atoms with Crippen molar-refractivity contribution in [3.8, 4) is 11.5 Å². The van der Waals surface area contributed by atoms with E-state index in [2.05, 4.69) is 6.58 Å². The maximum atomic E-state index is 11.3. The van der Waals surface area contributed by atoms with Gasteiger partial charge in [-0.25, -0.2) is 0 Å². The first-order chi connectivity index (χ1) is 7.19. The molecule has 0 radical (unpaired) electrons. The van der Waals surface area contributed by atoms with Crippen molar-refractivity contribution in [2.24, 2.45) is 0 Å². The molecule has 0 N–H and O–H groups in total. The van der Waals surface area contributed by atoms with Crippen LogP contribution in [0.4, 0.5) is 0 Å². The summed E-state index contributed by atoms with van der Waals surface area (Å²) in [6, 6.07) is 5.15. The summed E-state index contributed by atoms with van der Waals surface area (Å²) in [5.74, 6) is 1.16. The highest BCUT2D eigenvalue weighted by Gasteiger charge is 2.08. The van der Waals surface area contributed by atoms with Crippen LogP contribution in [0.3, 0.4) is 0 Å². The zero-order valence-electron chi connectivity index (χ0n) is 8.95. The zero-order chi connectivity index (χ0) is 11.3. The number of hydrogen-bond donors (Lipinski definition) is 0. The van der Waals surface area contributed by atoms with E-state index in [1.165, 1.54) is 14.0 Å². The third kappa shape index (κ3) is 2.84. The first kappa shape index (κ1) is 11.3. The maximum Gasteiger partial charge on any atom is 0.163 e. The summed E-state index contributed by atoms with van der Waals surface area (Å²) in [6.45, 7) is 5.47. The van der Waals surface area contributed by atoms with Crippen LogP contribution in [-0.2, 0) is 0 Å². The van der Waals surface area contributed by atoms with E-state index >= 15 is 0 Å². The van der Waals surface area contributed by atoms with Crippen LogP contribution in [0, 0.1) is 0 Å². The molecule has 1 rings (SSSR count). The van der Waals surface area contributed by atoms with Crippen LogP contribution in [0.25, 0.3) is 0 Å². The lowest BCUT2D eigenvalue weighted by Crippen LogP contribution is -1.99. The van der Waals surface area contributed by atoms with Crippen molar-refractivity contribution in [3.05, 3.63) is 36.4 Å². The second kappa shape index (κ2) is 5.20. The Morgan fingerprint density at radius 1 is 1.53 bits per heavy atom. The number of ether oxygens (including phenoxy) is 2. The molecule has 1 aromatic rings. The van der Waals surface area contributed by atoms with Crippen molar-refractivity contribution in [1.29, 1.82) is 0 Å². The van der Waals surface area contributed by atoms with E-state index in [1.807, 2.05) is 0 Å². The van der Waals surface area contributed by atoms with Gasteiger partial charge in [0.1, 0.15) is 18.1 Å². The van der Waals surface area contributed by atoms with E-state index in [-0.39, 0.29) is 5.78 Å². The van der Waals surface area contributed by atoms with Crippen LogP contribution in [0.5, 0.6) is 11.5 Å². The Bertz CT molecular complexity index is 369. The van der Waals surface area contributed by atoms with Crippen molar-refractivity contribution < 1.29 is 14.3 Å². The minimum atomic E-state index is -0.0455. The minimum Gasteiger partial charge on any atom is -0.496 e. The Morgan fingerprint density at radius 2 is 2.27 bits per heavy atom. The Balaban J connectivity index is 2.99. The lowest BCUT2D eigenvalue weighted by atomic mass is 10.1. The van der Waals surface area contributed by atoms with Gasteiger partial charge in [-0.2, -0.15) is 0 Å². The third-order valence-electron chi connectivity index (χ3n) is 1.92. The van der Waals surface area contributed by atoms with Crippen LogP contribution >= 0.6 is 0 Å². The number of methoxy groups -OCH3 is 1. The summed E-state index contributed by atoms with van der Waals surface area (Å²) >= 11 is 0. The molecule has 0 amide bonds. The van der Waals surface area contributed by atoms with Gasteiger partial charge in [0.2, 0.25) is 0 Å².